The molecule has 0 saturated carbocycles. The highest BCUT2D eigenvalue weighted by atomic mass is 16.3. The minimum atomic E-state index is 0.209. The monoisotopic (exact) mass is 154 g/mol. The number of aliphatic hydroxyl groups is 1. The van der Waals surface area contributed by atoms with Gasteiger partial charge < -0.3 is 5.11 Å². The predicted octanol–water partition coefficient (Wildman–Crippen LogP) is 2.53. The second-order valence-corrected chi connectivity index (χ2v) is 3.07. The molecule has 0 spiro atoms. The van der Waals surface area contributed by atoms with Crippen LogP contribution in [0, 0.1) is 5.92 Å². The molecule has 1 unspecified atom stereocenters. The van der Waals surface area contributed by atoms with E-state index in [2.05, 4.69) is 19.6 Å². The summed E-state index contributed by atoms with van der Waals surface area (Å²) in [7, 11) is 0. The average Bonchev–Trinajstić information content (AvgIpc) is 1.99. The maximum absolute atomic E-state index is 8.95. The first-order chi connectivity index (χ1) is 5.11. The normalized spacial score (nSPS) is 14.7. The van der Waals surface area contributed by atoms with Crippen LogP contribution in [-0.2, 0) is 0 Å². The quantitative estimate of drug-likeness (QED) is 0.617. The van der Waals surface area contributed by atoms with Crippen molar-refractivity contribution in [2.75, 3.05) is 6.61 Å². The van der Waals surface area contributed by atoms with Crippen LogP contribution < -0.4 is 0 Å². The molecule has 0 rings (SSSR count). The van der Waals surface area contributed by atoms with Gasteiger partial charge in [-0.3, -0.25) is 0 Å². The lowest BCUT2D eigenvalue weighted by Crippen LogP contribution is -2.07. The maximum Gasteiger partial charge on any atom is 0.0499 e. The van der Waals surface area contributed by atoms with E-state index in [1.165, 1.54) is 5.57 Å². The van der Waals surface area contributed by atoms with Gasteiger partial charge in [0.05, 0.1) is 0 Å². The van der Waals surface area contributed by atoms with Gasteiger partial charge in [0, 0.05) is 12.5 Å². The molecule has 0 aromatic rings. The van der Waals surface area contributed by atoms with Crippen LogP contribution in [0.25, 0.3) is 0 Å². The third-order valence-electron chi connectivity index (χ3n) is 1.98. The fourth-order valence-electron chi connectivity index (χ4n) is 0.901. The topological polar surface area (TPSA) is 20.2 Å². The highest BCUT2D eigenvalue weighted by Gasteiger charge is 2.07. The van der Waals surface area contributed by atoms with E-state index in [1.807, 2.05) is 13.8 Å². The zero-order valence-electron chi connectivity index (χ0n) is 7.72. The largest absolute Gasteiger partial charge is 0.396 e. The lowest BCUT2D eigenvalue weighted by atomic mass is 9.95. The fourth-order valence-corrected chi connectivity index (χ4v) is 0.901. The van der Waals surface area contributed by atoms with Gasteiger partial charge in [0.15, 0.2) is 0 Å². The number of allylic oxidation sites excluding steroid dienone is 2. The molecule has 0 aliphatic heterocycles. The van der Waals surface area contributed by atoms with Gasteiger partial charge in [-0.15, -0.1) is 0 Å². The Morgan fingerprint density at radius 2 is 2.09 bits per heavy atom. The molecule has 0 radical (unpaired) electrons. The summed E-state index contributed by atoms with van der Waals surface area (Å²) in [6, 6.07) is 0. The van der Waals surface area contributed by atoms with E-state index in [4.69, 9.17) is 5.11 Å². The van der Waals surface area contributed by atoms with Crippen molar-refractivity contribution < 1.29 is 5.11 Å². The van der Waals surface area contributed by atoms with Gasteiger partial charge in [0.1, 0.15) is 0 Å². The molecule has 1 heteroatoms. The van der Waals surface area contributed by atoms with Gasteiger partial charge in [-0.05, 0) is 27.2 Å². The third kappa shape index (κ3) is 3.99. The zero-order chi connectivity index (χ0) is 8.85. The number of aliphatic hydroxyl groups excluding tert-OH is 1. The van der Waals surface area contributed by atoms with E-state index in [-0.39, 0.29) is 12.5 Å². The van der Waals surface area contributed by atoms with Crippen LogP contribution in [0.2, 0.25) is 0 Å². The lowest BCUT2D eigenvalue weighted by molar-refractivity contribution is 0.246. The molecule has 0 saturated heterocycles. The van der Waals surface area contributed by atoms with E-state index >= 15 is 0 Å². The summed E-state index contributed by atoms with van der Waals surface area (Å²) in [6.07, 6.45) is 3.01. The van der Waals surface area contributed by atoms with Crippen molar-refractivity contribution in [3.05, 3.63) is 23.8 Å². The average molecular weight is 154 g/mol. The smallest absolute Gasteiger partial charge is 0.0499 e. The standard InChI is InChI=1S/C10H18O/c1-5-9(4)6-10(7-11)8(2)3/h5,10-11H,2,6-7H2,1,3-4H3/b9-5+. The fraction of sp³-hybridized carbons (Fsp3) is 0.600. The van der Waals surface area contributed by atoms with E-state index in [1.54, 1.807) is 0 Å². The van der Waals surface area contributed by atoms with Crippen LogP contribution in [-0.4, -0.2) is 11.7 Å². The van der Waals surface area contributed by atoms with Gasteiger partial charge in [-0.1, -0.05) is 23.8 Å². The lowest BCUT2D eigenvalue weighted by Gasteiger charge is -2.13. The number of hydrogen-bond donors (Lipinski definition) is 1. The summed E-state index contributed by atoms with van der Waals surface area (Å²) in [6.45, 7) is 10.1. The zero-order valence-corrected chi connectivity index (χ0v) is 7.72. The van der Waals surface area contributed by atoms with Crippen molar-refractivity contribution in [3.8, 4) is 0 Å². The van der Waals surface area contributed by atoms with Crippen LogP contribution in [0.1, 0.15) is 27.2 Å². The van der Waals surface area contributed by atoms with E-state index < -0.39 is 0 Å². The summed E-state index contributed by atoms with van der Waals surface area (Å²) in [5.74, 6) is 0.242. The molecule has 1 atom stereocenters. The van der Waals surface area contributed by atoms with Gasteiger partial charge in [0.2, 0.25) is 0 Å². The molecule has 0 aromatic carbocycles. The van der Waals surface area contributed by atoms with Crippen LogP contribution in [0.15, 0.2) is 23.8 Å². The van der Waals surface area contributed by atoms with Crippen LogP contribution in [0.5, 0.6) is 0 Å². The Balaban J connectivity index is 3.98. The third-order valence-corrected chi connectivity index (χ3v) is 1.98. The highest BCUT2D eigenvalue weighted by molar-refractivity contribution is 5.05. The molecule has 0 aliphatic carbocycles. The minimum Gasteiger partial charge on any atom is -0.396 e. The SMILES string of the molecule is C=C(C)C(CO)C/C(C)=C/C. The Morgan fingerprint density at radius 1 is 1.55 bits per heavy atom. The van der Waals surface area contributed by atoms with Crippen molar-refractivity contribution >= 4 is 0 Å². The predicted molar refractivity (Wildman–Crippen MR) is 49.4 cm³/mol. The summed E-state index contributed by atoms with van der Waals surface area (Å²) >= 11 is 0. The number of rotatable bonds is 4. The summed E-state index contributed by atoms with van der Waals surface area (Å²) in [4.78, 5) is 0. The van der Waals surface area contributed by atoms with Gasteiger partial charge in [-0.25, -0.2) is 0 Å². The van der Waals surface area contributed by atoms with Gasteiger partial charge in [-0.2, -0.15) is 0 Å². The van der Waals surface area contributed by atoms with Crippen LogP contribution >= 0.6 is 0 Å². The highest BCUT2D eigenvalue weighted by Crippen LogP contribution is 2.17. The maximum atomic E-state index is 8.95. The summed E-state index contributed by atoms with van der Waals surface area (Å²) in [5, 5.41) is 8.95. The number of hydrogen-bond acceptors (Lipinski definition) is 1. The molecule has 1 nitrogen and oxygen atoms in total. The molecular weight excluding hydrogens is 136 g/mol. The van der Waals surface area contributed by atoms with Gasteiger partial charge >= 0.3 is 0 Å². The Bertz CT molecular complexity index is 156. The molecular formula is C10H18O. The Labute approximate surface area is 69.4 Å². The van der Waals surface area contributed by atoms with Crippen LogP contribution in [0.3, 0.4) is 0 Å². The first-order valence-corrected chi connectivity index (χ1v) is 3.99. The molecule has 1 N–H and O–H groups in total. The van der Waals surface area contributed by atoms with E-state index in [0.29, 0.717) is 0 Å². The molecule has 0 bridgehead atoms. The Kier molecular flexibility index (Phi) is 4.88. The molecule has 0 aliphatic rings. The molecule has 0 aromatic heterocycles. The summed E-state index contributed by atoms with van der Waals surface area (Å²) in [5.41, 5.74) is 2.38. The summed E-state index contributed by atoms with van der Waals surface area (Å²) < 4.78 is 0. The van der Waals surface area contributed by atoms with E-state index in [0.717, 1.165) is 12.0 Å². The van der Waals surface area contributed by atoms with Crippen molar-refractivity contribution in [2.45, 2.75) is 27.2 Å². The van der Waals surface area contributed by atoms with Crippen molar-refractivity contribution in [2.24, 2.45) is 5.92 Å². The molecule has 0 amide bonds. The molecule has 0 fully saturated rings. The van der Waals surface area contributed by atoms with Crippen molar-refractivity contribution in [1.29, 1.82) is 0 Å². The second-order valence-electron chi connectivity index (χ2n) is 3.07. The second kappa shape index (κ2) is 5.14. The molecule has 64 valence electrons. The van der Waals surface area contributed by atoms with E-state index in [9.17, 15) is 0 Å². The first-order valence-electron chi connectivity index (χ1n) is 3.99. The molecule has 0 heterocycles. The Morgan fingerprint density at radius 3 is 2.36 bits per heavy atom. The van der Waals surface area contributed by atoms with Crippen molar-refractivity contribution in [1.82, 2.24) is 0 Å². The minimum absolute atomic E-state index is 0.209. The van der Waals surface area contributed by atoms with Crippen LogP contribution in [0.4, 0.5) is 0 Å². The van der Waals surface area contributed by atoms with Gasteiger partial charge in [0.25, 0.3) is 0 Å². The van der Waals surface area contributed by atoms with Crippen molar-refractivity contribution in [3.63, 3.8) is 0 Å². The first kappa shape index (κ1) is 10.4. The molecule has 11 heavy (non-hydrogen) atoms. The Hall–Kier alpha value is -0.560.